The first kappa shape index (κ1) is 10.6. The fraction of sp³-hybridized carbons (Fsp3) is 0.462. The summed E-state index contributed by atoms with van der Waals surface area (Å²) in [5.74, 6) is 0.854. The molecule has 90 valence electrons. The van der Waals surface area contributed by atoms with Gasteiger partial charge in [-0.3, -0.25) is 4.79 Å². The summed E-state index contributed by atoms with van der Waals surface area (Å²) in [5, 5.41) is 6.28. The third-order valence-electron chi connectivity index (χ3n) is 3.90. The second-order valence-electron chi connectivity index (χ2n) is 4.80. The summed E-state index contributed by atoms with van der Waals surface area (Å²) in [7, 11) is 1.63. The van der Waals surface area contributed by atoms with Gasteiger partial charge in [-0.15, -0.1) is 0 Å². The van der Waals surface area contributed by atoms with Crippen LogP contribution in [0, 0.1) is 6.92 Å². The number of methoxy groups -OCH3 is 1. The van der Waals surface area contributed by atoms with Crippen molar-refractivity contribution >= 4 is 11.6 Å². The van der Waals surface area contributed by atoms with Crippen molar-refractivity contribution in [2.45, 2.75) is 18.8 Å². The Bertz CT molecular complexity index is 490. The van der Waals surface area contributed by atoms with Crippen LogP contribution in [-0.4, -0.2) is 26.1 Å². The van der Waals surface area contributed by atoms with E-state index in [1.165, 1.54) is 0 Å². The van der Waals surface area contributed by atoms with Crippen LogP contribution in [0.4, 0.5) is 5.69 Å². The van der Waals surface area contributed by atoms with E-state index in [4.69, 9.17) is 4.74 Å². The molecule has 1 unspecified atom stereocenters. The number of nitrogens with one attached hydrogen (secondary N) is 2. The van der Waals surface area contributed by atoms with Gasteiger partial charge in [0.2, 0.25) is 5.91 Å². The highest BCUT2D eigenvalue weighted by Gasteiger charge is 2.50. The maximum atomic E-state index is 12.3. The topological polar surface area (TPSA) is 50.4 Å². The van der Waals surface area contributed by atoms with Crippen molar-refractivity contribution in [1.29, 1.82) is 0 Å². The van der Waals surface area contributed by atoms with Crippen molar-refractivity contribution in [3.63, 3.8) is 0 Å². The molecule has 0 bridgehead atoms. The molecule has 2 N–H and O–H groups in total. The Morgan fingerprint density at radius 2 is 2.24 bits per heavy atom. The summed E-state index contributed by atoms with van der Waals surface area (Å²) in [5.41, 5.74) is 2.75. The largest absolute Gasteiger partial charge is 0.495 e. The molecule has 1 aromatic rings. The Balaban J connectivity index is 2.24. The van der Waals surface area contributed by atoms with Crippen LogP contribution >= 0.6 is 0 Å². The van der Waals surface area contributed by atoms with E-state index in [0.29, 0.717) is 0 Å². The predicted molar refractivity (Wildman–Crippen MR) is 65.5 cm³/mol. The molecule has 0 saturated carbocycles. The van der Waals surface area contributed by atoms with E-state index in [0.717, 1.165) is 42.1 Å². The molecule has 0 aromatic heterocycles. The number of hydrogen-bond donors (Lipinski definition) is 2. The van der Waals surface area contributed by atoms with Crippen LogP contribution in [0.15, 0.2) is 12.1 Å². The molecular weight excluding hydrogens is 216 g/mol. The minimum Gasteiger partial charge on any atom is -0.495 e. The van der Waals surface area contributed by atoms with E-state index in [2.05, 4.69) is 17.6 Å². The third kappa shape index (κ3) is 1.24. The van der Waals surface area contributed by atoms with Crippen LogP contribution in [0.2, 0.25) is 0 Å². The normalized spacial score (nSPS) is 26.1. The highest BCUT2D eigenvalue weighted by atomic mass is 16.5. The molecular formula is C13H16N2O2. The van der Waals surface area contributed by atoms with Crippen LogP contribution in [0.3, 0.4) is 0 Å². The number of carbonyl (C=O) groups is 1. The molecule has 2 aliphatic rings. The molecule has 0 radical (unpaired) electrons. The number of anilines is 1. The smallest absolute Gasteiger partial charge is 0.236 e. The summed E-state index contributed by atoms with van der Waals surface area (Å²) in [4.78, 5) is 12.3. The van der Waals surface area contributed by atoms with Gasteiger partial charge in [0.1, 0.15) is 5.75 Å². The van der Waals surface area contributed by atoms with E-state index in [-0.39, 0.29) is 11.3 Å². The van der Waals surface area contributed by atoms with Gasteiger partial charge < -0.3 is 15.4 Å². The van der Waals surface area contributed by atoms with Crippen molar-refractivity contribution in [2.24, 2.45) is 0 Å². The Morgan fingerprint density at radius 3 is 2.88 bits per heavy atom. The lowest BCUT2D eigenvalue weighted by Gasteiger charge is -2.21. The average molecular weight is 232 g/mol. The number of aryl methyl sites for hydroxylation is 1. The standard InChI is InChI=1S/C13H16N2O2/c1-8-3-4-9(17-2)11-10(8)13(12(16)15-11)5-6-14-7-13/h3-4,14H,5-7H2,1-2H3,(H,15,16). The SMILES string of the molecule is COc1ccc(C)c2c1NC(=O)C21CCNC1. The van der Waals surface area contributed by atoms with Gasteiger partial charge in [0.15, 0.2) is 0 Å². The van der Waals surface area contributed by atoms with Gasteiger partial charge in [0.25, 0.3) is 0 Å². The number of rotatable bonds is 1. The summed E-state index contributed by atoms with van der Waals surface area (Å²) < 4.78 is 5.33. The molecule has 1 amide bonds. The number of benzene rings is 1. The molecule has 1 spiro atoms. The fourth-order valence-corrected chi connectivity index (χ4v) is 3.04. The summed E-state index contributed by atoms with van der Waals surface area (Å²) >= 11 is 0. The molecule has 1 saturated heterocycles. The highest BCUT2D eigenvalue weighted by molar-refractivity contribution is 6.08. The summed E-state index contributed by atoms with van der Waals surface area (Å²) in [6.45, 7) is 3.67. The predicted octanol–water partition coefficient (Wildman–Crippen LogP) is 1.19. The first-order chi connectivity index (χ1) is 8.19. The van der Waals surface area contributed by atoms with Gasteiger partial charge in [0, 0.05) is 6.54 Å². The maximum absolute atomic E-state index is 12.3. The minimum absolute atomic E-state index is 0.102. The van der Waals surface area contributed by atoms with Gasteiger partial charge in [0.05, 0.1) is 18.2 Å². The first-order valence-corrected chi connectivity index (χ1v) is 5.89. The summed E-state index contributed by atoms with van der Waals surface area (Å²) in [6, 6.07) is 3.94. The zero-order valence-electron chi connectivity index (χ0n) is 10.1. The number of ether oxygens (including phenoxy) is 1. The van der Waals surface area contributed by atoms with Crippen LogP contribution in [0.25, 0.3) is 0 Å². The molecule has 1 aromatic carbocycles. The van der Waals surface area contributed by atoms with E-state index >= 15 is 0 Å². The van der Waals surface area contributed by atoms with E-state index in [1.807, 2.05) is 12.1 Å². The Morgan fingerprint density at radius 1 is 1.41 bits per heavy atom. The lowest BCUT2D eigenvalue weighted by atomic mass is 9.79. The van der Waals surface area contributed by atoms with E-state index in [1.54, 1.807) is 7.11 Å². The van der Waals surface area contributed by atoms with Crippen LogP contribution in [-0.2, 0) is 10.2 Å². The fourth-order valence-electron chi connectivity index (χ4n) is 3.04. The number of amides is 1. The second kappa shape index (κ2) is 3.47. The third-order valence-corrected chi connectivity index (χ3v) is 3.90. The van der Waals surface area contributed by atoms with Gasteiger partial charge in [-0.25, -0.2) is 0 Å². The molecule has 1 fully saturated rings. The molecule has 2 heterocycles. The molecule has 1 atom stereocenters. The quantitative estimate of drug-likeness (QED) is 0.764. The van der Waals surface area contributed by atoms with Crippen molar-refractivity contribution in [2.75, 3.05) is 25.5 Å². The summed E-state index contributed by atoms with van der Waals surface area (Å²) in [6.07, 6.45) is 0.861. The Hall–Kier alpha value is -1.55. The highest BCUT2D eigenvalue weighted by Crippen LogP contribution is 2.47. The number of fused-ring (bicyclic) bond motifs is 2. The molecule has 4 heteroatoms. The van der Waals surface area contributed by atoms with Crippen LogP contribution in [0.1, 0.15) is 17.5 Å². The van der Waals surface area contributed by atoms with E-state index < -0.39 is 0 Å². The van der Waals surface area contributed by atoms with Crippen molar-refractivity contribution in [3.05, 3.63) is 23.3 Å². The van der Waals surface area contributed by atoms with Gasteiger partial charge in [-0.1, -0.05) is 6.07 Å². The average Bonchev–Trinajstić information content (AvgIpc) is 2.89. The van der Waals surface area contributed by atoms with E-state index in [9.17, 15) is 4.79 Å². The van der Waals surface area contributed by atoms with Crippen molar-refractivity contribution < 1.29 is 9.53 Å². The molecule has 4 nitrogen and oxygen atoms in total. The van der Waals surface area contributed by atoms with Gasteiger partial charge in [-0.2, -0.15) is 0 Å². The molecule has 0 aliphatic carbocycles. The Kier molecular flexibility index (Phi) is 2.16. The molecule has 17 heavy (non-hydrogen) atoms. The monoisotopic (exact) mass is 232 g/mol. The lowest BCUT2D eigenvalue weighted by molar-refractivity contribution is -0.120. The zero-order chi connectivity index (χ0) is 12.0. The lowest BCUT2D eigenvalue weighted by Crippen LogP contribution is -2.36. The molecule has 3 rings (SSSR count). The van der Waals surface area contributed by atoms with Crippen LogP contribution < -0.4 is 15.4 Å². The van der Waals surface area contributed by atoms with Crippen molar-refractivity contribution in [1.82, 2.24) is 5.32 Å². The van der Waals surface area contributed by atoms with Crippen LogP contribution in [0.5, 0.6) is 5.75 Å². The number of carbonyl (C=O) groups excluding carboxylic acids is 1. The van der Waals surface area contributed by atoms with Gasteiger partial charge >= 0.3 is 0 Å². The Labute approximate surface area is 100 Å². The van der Waals surface area contributed by atoms with Gasteiger partial charge in [-0.05, 0) is 37.1 Å². The maximum Gasteiger partial charge on any atom is 0.236 e. The number of hydrogen-bond acceptors (Lipinski definition) is 3. The molecule has 2 aliphatic heterocycles. The second-order valence-corrected chi connectivity index (χ2v) is 4.80. The zero-order valence-corrected chi connectivity index (χ0v) is 10.1. The minimum atomic E-state index is -0.381. The van der Waals surface area contributed by atoms with Crippen molar-refractivity contribution in [3.8, 4) is 5.75 Å². The first-order valence-electron chi connectivity index (χ1n) is 5.89.